The van der Waals surface area contributed by atoms with Crippen molar-refractivity contribution in [2.45, 2.75) is 13.0 Å². The Hall–Kier alpha value is -0.480. The second-order valence-electron chi connectivity index (χ2n) is 2.49. The number of aliphatic hydroxyl groups is 1. The molecule has 1 N–H and O–H groups in total. The van der Waals surface area contributed by atoms with Gasteiger partial charge < -0.3 is 9.67 Å². The van der Waals surface area contributed by atoms with Crippen LogP contribution in [0.3, 0.4) is 0 Å². The first-order valence-electron chi connectivity index (χ1n) is 4.08. The minimum absolute atomic E-state index is 0.304. The van der Waals surface area contributed by atoms with Gasteiger partial charge in [-0.2, -0.15) is 11.8 Å². The average Bonchev–Trinajstić information content (AvgIpc) is 2.57. The minimum Gasteiger partial charge on any atom is -0.396 e. The average molecular weight is 186 g/mol. The predicted molar refractivity (Wildman–Crippen MR) is 51.3 cm³/mol. The molecule has 1 aromatic heterocycles. The maximum absolute atomic E-state index is 8.52. The number of thioether (sulfide) groups is 1. The highest BCUT2D eigenvalue weighted by atomic mass is 32.2. The van der Waals surface area contributed by atoms with Crippen molar-refractivity contribution in [3.8, 4) is 0 Å². The van der Waals surface area contributed by atoms with Crippen LogP contribution in [0.1, 0.15) is 6.42 Å². The summed E-state index contributed by atoms with van der Waals surface area (Å²) >= 11 is 1.87. The summed E-state index contributed by atoms with van der Waals surface area (Å²) in [6.45, 7) is 1.31. The van der Waals surface area contributed by atoms with Gasteiger partial charge in [-0.3, -0.25) is 0 Å². The summed E-state index contributed by atoms with van der Waals surface area (Å²) in [5.41, 5.74) is 0. The molecule has 1 aromatic rings. The molecule has 0 radical (unpaired) electrons. The van der Waals surface area contributed by atoms with Crippen molar-refractivity contribution in [1.82, 2.24) is 9.55 Å². The number of rotatable bonds is 6. The van der Waals surface area contributed by atoms with Crippen molar-refractivity contribution >= 4 is 11.8 Å². The van der Waals surface area contributed by atoms with Crippen LogP contribution in [0.25, 0.3) is 0 Å². The molecule has 0 aliphatic carbocycles. The monoisotopic (exact) mass is 186 g/mol. The van der Waals surface area contributed by atoms with E-state index in [1.165, 1.54) is 0 Å². The lowest BCUT2D eigenvalue weighted by molar-refractivity contribution is 0.296. The molecule has 0 fully saturated rings. The van der Waals surface area contributed by atoms with Crippen molar-refractivity contribution < 1.29 is 5.11 Å². The maximum Gasteiger partial charge on any atom is 0.0946 e. The molecule has 1 rings (SSSR count). The third kappa shape index (κ3) is 3.78. The Morgan fingerprint density at radius 1 is 1.42 bits per heavy atom. The minimum atomic E-state index is 0.304. The molecular weight excluding hydrogens is 172 g/mol. The van der Waals surface area contributed by atoms with Gasteiger partial charge in [0.05, 0.1) is 6.33 Å². The van der Waals surface area contributed by atoms with Crippen LogP contribution >= 0.6 is 11.8 Å². The van der Waals surface area contributed by atoms with E-state index in [1.54, 1.807) is 6.20 Å². The fraction of sp³-hybridized carbons (Fsp3) is 0.625. The Balaban J connectivity index is 1.96. The number of imidazole rings is 1. The van der Waals surface area contributed by atoms with Crippen LogP contribution < -0.4 is 0 Å². The van der Waals surface area contributed by atoms with Crippen molar-refractivity contribution in [3.63, 3.8) is 0 Å². The van der Waals surface area contributed by atoms with Gasteiger partial charge in [0.25, 0.3) is 0 Å². The summed E-state index contributed by atoms with van der Waals surface area (Å²) in [5, 5.41) is 8.52. The first-order chi connectivity index (χ1) is 5.93. The molecule has 0 aromatic carbocycles. The van der Waals surface area contributed by atoms with Crippen molar-refractivity contribution in [3.05, 3.63) is 18.7 Å². The normalized spacial score (nSPS) is 10.4. The van der Waals surface area contributed by atoms with Crippen LogP contribution in [-0.4, -0.2) is 32.8 Å². The molecular formula is C8H14N2OS. The van der Waals surface area contributed by atoms with E-state index < -0.39 is 0 Å². The summed E-state index contributed by atoms with van der Waals surface area (Å²) in [6.07, 6.45) is 6.48. The number of hydrogen-bond acceptors (Lipinski definition) is 3. The van der Waals surface area contributed by atoms with Gasteiger partial charge in [0.1, 0.15) is 0 Å². The standard InChI is InChI=1S/C8H14N2OS/c11-5-1-6-12-7-4-10-3-2-9-8-10/h2-3,8,11H,1,4-7H2. The SMILES string of the molecule is OCCCSCCn1ccnc1. The highest BCUT2D eigenvalue weighted by Gasteiger charge is 1.90. The van der Waals surface area contributed by atoms with E-state index in [9.17, 15) is 0 Å². The largest absolute Gasteiger partial charge is 0.396 e. The zero-order valence-corrected chi connectivity index (χ0v) is 7.83. The smallest absolute Gasteiger partial charge is 0.0946 e. The van der Waals surface area contributed by atoms with E-state index in [2.05, 4.69) is 9.55 Å². The Labute approximate surface area is 76.8 Å². The Bertz CT molecular complexity index is 189. The van der Waals surface area contributed by atoms with E-state index in [-0.39, 0.29) is 0 Å². The molecule has 0 aliphatic heterocycles. The van der Waals surface area contributed by atoms with Crippen molar-refractivity contribution in [2.24, 2.45) is 0 Å². The van der Waals surface area contributed by atoms with Gasteiger partial charge in [0.15, 0.2) is 0 Å². The first kappa shape index (κ1) is 9.61. The van der Waals surface area contributed by atoms with Gasteiger partial charge in [-0.25, -0.2) is 4.98 Å². The van der Waals surface area contributed by atoms with Crippen LogP contribution in [0.15, 0.2) is 18.7 Å². The molecule has 0 bridgehead atoms. The van der Waals surface area contributed by atoms with E-state index in [0.717, 1.165) is 24.5 Å². The highest BCUT2D eigenvalue weighted by molar-refractivity contribution is 7.99. The summed E-state index contributed by atoms with van der Waals surface area (Å²) in [5.74, 6) is 2.14. The molecule has 68 valence electrons. The number of aromatic nitrogens is 2. The first-order valence-corrected chi connectivity index (χ1v) is 5.23. The van der Waals surface area contributed by atoms with Crippen molar-refractivity contribution in [1.29, 1.82) is 0 Å². The van der Waals surface area contributed by atoms with Crippen LogP contribution in [0, 0.1) is 0 Å². The fourth-order valence-electron chi connectivity index (χ4n) is 0.858. The molecule has 0 saturated heterocycles. The zero-order valence-electron chi connectivity index (χ0n) is 7.02. The molecule has 0 aliphatic rings. The van der Waals surface area contributed by atoms with Gasteiger partial charge in [0.2, 0.25) is 0 Å². The molecule has 3 nitrogen and oxygen atoms in total. The topological polar surface area (TPSA) is 38.0 Å². The summed E-state index contributed by atoms with van der Waals surface area (Å²) in [4.78, 5) is 3.95. The quantitative estimate of drug-likeness (QED) is 0.673. The van der Waals surface area contributed by atoms with Gasteiger partial charge in [-0.15, -0.1) is 0 Å². The predicted octanol–water partition coefficient (Wildman–Crippen LogP) is 0.999. The number of aliphatic hydroxyl groups excluding tert-OH is 1. The lowest BCUT2D eigenvalue weighted by Crippen LogP contribution is -1.98. The van der Waals surface area contributed by atoms with E-state index in [4.69, 9.17) is 5.11 Å². The summed E-state index contributed by atoms with van der Waals surface area (Å²) < 4.78 is 2.06. The second-order valence-corrected chi connectivity index (χ2v) is 3.71. The van der Waals surface area contributed by atoms with Crippen molar-refractivity contribution in [2.75, 3.05) is 18.1 Å². The van der Waals surface area contributed by atoms with Crippen LogP contribution in [0.4, 0.5) is 0 Å². The Morgan fingerprint density at radius 3 is 3.00 bits per heavy atom. The fourth-order valence-corrected chi connectivity index (χ4v) is 1.73. The van der Waals surface area contributed by atoms with E-state index in [1.807, 2.05) is 24.3 Å². The number of nitrogens with zero attached hydrogens (tertiary/aromatic N) is 2. The van der Waals surface area contributed by atoms with Gasteiger partial charge >= 0.3 is 0 Å². The molecule has 4 heteroatoms. The Morgan fingerprint density at radius 2 is 2.33 bits per heavy atom. The van der Waals surface area contributed by atoms with Crippen LogP contribution in [0.2, 0.25) is 0 Å². The number of hydrogen-bond donors (Lipinski definition) is 1. The number of aryl methyl sites for hydroxylation is 1. The molecule has 0 saturated carbocycles. The highest BCUT2D eigenvalue weighted by Crippen LogP contribution is 2.02. The molecule has 0 amide bonds. The third-order valence-corrected chi connectivity index (χ3v) is 2.55. The zero-order chi connectivity index (χ0) is 8.65. The lowest BCUT2D eigenvalue weighted by atomic mass is 10.5. The molecule has 1 heterocycles. The van der Waals surface area contributed by atoms with Gasteiger partial charge in [-0.05, 0) is 12.2 Å². The summed E-state index contributed by atoms with van der Waals surface area (Å²) in [6, 6.07) is 0. The maximum atomic E-state index is 8.52. The second kappa shape index (κ2) is 6.08. The third-order valence-electron chi connectivity index (χ3n) is 1.50. The molecule has 12 heavy (non-hydrogen) atoms. The Kier molecular flexibility index (Phi) is 4.87. The van der Waals surface area contributed by atoms with Gasteiger partial charge in [0, 0.05) is 31.3 Å². The summed E-state index contributed by atoms with van der Waals surface area (Å²) in [7, 11) is 0. The lowest BCUT2D eigenvalue weighted by Gasteiger charge is -2.00. The molecule has 0 unspecified atom stereocenters. The van der Waals surface area contributed by atoms with E-state index in [0.29, 0.717) is 6.61 Å². The molecule has 0 atom stereocenters. The van der Waals surface area contributed by atoms with Crippen LogP contribution in [0.5, 0.6) is 0 Å². The van der Waals surface area contributed by atoms with Gasteiger partial charge in [-0.1, -0.05) is 0 Å². The van der Waals surface area contributed by atoms with Crippen LogP contribution in [-0.2, 0) is 6.54 Å². The molecule has 0 spiro atoms. The van der Waals surface area contributed by atoms with E-state index >= 15 is 0 Å².